The lowest BCUT2D eigenvalue weighted by molar-refractivity contribution is -0.151. The summed E-state index contributed by atoms with van der Waals surface area (Å²) in [4.78, 5) is 23.3. The van der Waals surface area contributed by atoms with Crippen molar-refractivity contribution in [1.82, 2.24) is 0 Å². The highest BCUT2D eigenvalue weighted by molar-refractivity contribution is 5.77. The molecule has 126 valence electrons. The first-order chi connectivity index (χ1) is 11.5. The fourth-order valence-corrected chi connectivity index (χ4v) is 2.04. The zero-order valence-electron chi connectivity index (χ0n) is 14.1. The highest BCUT2D eigenvalue weighted by Gasteiger charge is 2.09. The quantitative estimate of drug-likeness (QED) is 0.725. The van der Waals surface area contributed by atoms with Crippen LogP contribution in [0.1, 0.15) is 35.1 Å². The van der Waals surface area contributed by atoms with Crippen molar-refractivity contribution in [3.63, 3.8) is 0 Å². The molecule has 0 aliphatic carbocycles. The summed E-state index contributed by atoms with van der Waals surface area (Å²) < 4.78 is 10.3. The van der Waals surface area contributed by atoms with E-state index in [1.54, 1.807) is 0 Å². The number of rotatable bonds is 7. The molecule has 0 fully saturated rings. The maximum absolute atomic E-state index is 11.7. The van der Waals surface area contributed by atoms with E-state index in [0.717, 1.165) is 22.3 Å². The molecule has 0 radical (unpaired) electrons. The lowest BCUT2D eigenvalue weighted by Crippen LogP contribution is -2.10. The molecule has 0 saturated carbocycles. The summed E-state index contributed by atoms with van der Waals surface area (Å²) in [7, 11) is 0. The summed E-state index contributed by atoms with van der Waals surface area (Å²) in [6, 6.07) is 15.5. The Hall–Kier alpha value is -2.62. The number of ether oxygens (including phenoxy) is 2. The highest BCUT2D eigenvalue weighted by Crippen LogP contribution is 2.08. The number of hydrogen-bond acceptors (Lipinski definition) is 4. The van der Waals surface area contributed by atoms with Gasteiger partial charge in [0.2, 0.25) is 0 Å². The van der Waals surface area contributed by atoms with Gasteiger partial charge in [0.05, 0.1) is 12.8 Å². The second-order valence-corrected chi connectivity index (χ2v) is 5.79. The minimum absolute atomic E-state index is 0.0264. The molecule has 0 saturated heterocycles. The lowest BCUT2D eigenvalue weighted by atomic mass is 10.2. The molecule has 2 rings (SSSR count). The first-order valence-corrected chi connectivity index (χ1v) is 7.95. The van der Waals surface area contributed by atoms with Gasteiger partial charge in [-0.3, -0.25) is 9.59 Å². The van der Waals surface area contributed by atoms with Crippen LogP contribution in [0.3, 0.4) is 0 Å². The predicted octanol–water partition coefficient (Wildman–Crippen LogP) is 3.87. The van der Waals surface area contributed by atoms with Crippen LogP contribution in [-0.2, 0) is 32.3 Å². The molecule has 24 heavy (non-hydrogen) atoms. The van der Waals surface area contributed by atoms with Crippen LogP contribution in [0.4, 0.5) is 0 Å². The van der Waals surface area contributed by atoms with Crippen LogP contribution in [0, 0.1) is 13.8 Å². The van der Waals surface area contributed by atoms with Crippen LogP contribution in [0.5, 0.6) is 0 Å². The molecule has 0 atom stereocenters. The van der Waals surface area contributed by atoms with Crippen LogP contribution in [0.15, 0.2) is 48.5 Å². The second-order valence-electron chi connectivity index (χ2n) is 5.79. The van der Waals surface area contributed by atoms with Gasteiger partial charge >= 0.3 is 11.9 Å². The van der Waals surface area contributed by atoms with Crippen LogP contribution < -0.4 is 0 Å². The molecule has 0 heterocycles. The Morgan fingerprint density at radius 3 is 1.33 bits per heavy atom. The molecular formula is C20H22O4. The third-order valence-corrected chi connectivity index (χ3v) is 3.57. The van der Waals surface area contributed by atoms with Gasteiger partial charge in [0.25, 0.3) is 0 Å². The molecule has 0 aliphatic rings. The van der Waals surface area contributed by atoms with E-state index in [2.05, 4.69) is 0 Å². The second kappa shape index (κ2) is 8.87. The summed E-state index contributed by atoms with van der Waals surface area (Å²) in [6.07, 6.45) is 0.0528. The van der Waals surface area contributed by atoms with Gasteiger partial charge in [-0.1, -0.05) is 59.7 Å². The molecule has 0 aliphatic heterocycles. The number of esters is 2. The fraction of sp³-hybridized carbons (Fsp3) is 0.300. The van der Waals surface area contributed by atoms with E-state index in [1.165, 1.54) is 0 Å². The van der Waals surface area contributed by atoms with Crippen molar-refractivity contribution in [2.75, 3.05) is 0 Å². The minimum Gasteiger partial charge on any atom is -0.461 e. The molecule has 4 nitrogen and oxygen atoms in total. The first kappa shape index (κ1) is 17.7. The van der Waals surface area contributed by atoms with E-state index >= 15 is 0 Å². The van der Waals surface area contributed by atoms with Gasteiger partial charge in [-0.05, 0) is 25.0 Å². The van der Waals surface area contributed by atoms with E-state index in [-0.39, 0.29) is 26.1 Å². The van der Waals surface area contributed by atoms with Crippen LogP contribution >= 0.6 is 0 Å². The number of hydrogen-bond donors (Lipinski definition) is 0. The molecule has 0 bridgehead atoms. The van der Waals surface area contributed by atoms with Gasteiger partial charge in [-0.15, -0.1) is 0 Å². The summed E-state index contributed by atoms with van der Waals surface area (Å²) in [6.45, 7) is 4.44. The Bertz CT molecular complexity index is 610. The zero-order chi connectivity index (χ0) is 17.4. The van der Waals surface area contributed by atoms with Gasteiger partial charge in [0, 0.05) is 0 Å². The number of carbonyl (C=O) groups excluding carboxylic acids is 2. The third kappa shape index (κ3) is 6.24. The van der Waals surface area contributed by atoms with E-state index in [9.17, 15) is 9.59 Å². The SMILES string of the molecule is Cc1ccc(COC(=O)CCC(=O)OCc2ccc(C)cc2)cc1. The molecular weight excluding hydrogens is 304 g/mol. The van der Waals surface area contributed by atoms with Crippen molar-refractivity contribution in [3.05, 3.63) is 70.8 Å². The number of aryl methyl sites for hydroxylation is 2. The third-order valence-electron chi connectivity index (χ3n) is 3.57. The predicted molar refractivity (Wildman–Crippen MR) is 91.2 cm³/mol. The Kier molecular flexibility index (Phi) is 6.55. The molecule has 2 aromatic carbocycles. The van der Waals surface area contributed by atoms with Crippen molar-refractivity contribution in [2.24, 2.45) is 0 Å². The Morgan fingerprint density at radius 1 is 0.667 bits per heavy atom. The molecule has 0 unspecified atom stereocenters. The summed E-state index contributed by atoms with van der Waals surface area (Å²) in [5.74, 6) is -0.800. The Labute approximate surface area is 142 Å². The van der Waals surface area contributed by atoms with Crippen molar-refractivity contribution >= 4 is 11.9 Å². The van der Waals surface area contributed by atoms with Gasteiger partial charge in [0.15, 0.2) is 0 Å². The molecule has 0 aromatic heterocycles. The summed E-state index contributed by atoms with van der Waals surface area (Å²) in [5, 5.41) is 0. The lowest BCUT2D eigenvalue weighted by Gasteiger charge is -2.07. The topological polar surface area (TPSA) is 52.6 Å². The van der Waals surface area contributed by atoms with E-state index in [0.29, 0.717) is 0 Å². The fourth-order valence-electron chi connectivity index (χ4n) is 2.04. The van der Waals surface area contributed by atoms with E-state index in [1.807, 2.05) is 62.4 Å². The van der Waals surface area contributed by atoms with Gasteiger partial charge < -0.3 is 9.47 Å². The van der Waals surface area contributed by atoms with Crippen molar-refractivity contribution in [1.29, 1.82) is 0 Å². The van der Waals surface area contributed by atoms with Gasteiger partial charge in [0.1, 0.15) is 13.2 Å². The highest BCUT2D eigenvalue weighted by atomic mass is 16.5. The average Bonchev–Trinajstić information content (AvgIpc) is 2.59. The largest absolute Gasteiger partial charge is 0.461 e. The van der Waals surface area contributed by atoms with Crippen LogP contribution in [0.2, 0.25) is 0 Å². The first-order valence-electron chi connectivity index (χ1n) is 7.95. The average molecular weight is 326 g/mol. The van der Waals surface area contributed by atoms with E-state index in [4.69, 9.17) is 9.47 Å². The van der Waals surface area contributed by atoms with Gasteiger partial charge in [-0.25, -0.2) is 0 Å². The molecule has 4 heteroatoms. The van der Waals surface area contributed by atoms with Crippen molar-refractivity contribution < 1.29 is 19.1 Å². The van der Waals surface area contributed by atoms with Crippen LogP contribution in [0.25, 0.3) is 0 Å². The molecule has 0 amide bonds. The summed E-state index contributed by atoms with van der Waals surface area (Å²) in [5.41, 5.74) is 4.16. The zero-order valence-corrected chi connectivity index (χ0v) is 14.1. The maximum Gasteiger partial charge on any atom is 0.306 e. The Balaban J connectivity index is 1.64. The molecule has 0 spiro atoms. The number of carbonyl (C=O) groups is 2. The molecule has 2 aromatic rings. The maximum atomic E-state index is 11.7. The monoisotopic (exact) mass is 326 g/mol. The Morgan fingerprint density at radius 2 is 1.00 bits per heavy atom. The normalized spacial score (nSPS) is 10.2. The van der Waals surface area contributed by atoms with Gasteiger partial charge in [-0.2, -0.15) is 0 Å². The minimum atomic E-state index is -0.400. The summed E-state index contributed by atoms with van der Waals surface area (Å²) >= 11 is 0. The van der Waals surface area contributed by atoms with Crippen molar-refractivity contribution in [3.8, 4) is 0 Å². The standard InChI is InChI=1S/C20H22O4/c1-15-3-7-17(8-4-15)13-23-19(21)11-12-20(22)24-14-18-9-5-16(2)6-10-18/h3-10H,11-14H2,1-2H3. The van der Waals surface area contributed by atoms with Crippen molar-refractivity contribution in [2.45, 2.75) is 39.9 Å². The smallest absolute Gasteiger partial charge is 0.306 e. The van der Waals surface area contributed by atoms with E-state index < -0.39 is 11.9 Å². The molecule has 0 N–H and O–H groups in total. The van der Waals surface area contributed by atoms with Crippen LogP contribution in [-0.4, -0.2) is 11.9 Å². The number of benzene rings is 2.